The molecule has 0 atom stereocenters. The molecule has 0 amide bonds. The van der Waals surface area contributed by atoms with E-state index in [0.717, 1.165) is 15.7 Å². The molecule has 6 heteroatoms. The van der Waals surface area contributed by atoms with E-state index in [0.29, 0.717) is 17.7 Å². The number of aromatic nitrogens is 4. The van der Waals surface area contributed by atoms with Gasteiger partial charge in [-0.1, -0.05) is 23.8 Å². The Bertz CT molecular complexity index is 992. The van der Waals surface area contributed by atoms with E-state index in [1.165, 1.54) is 17.2 Å². The van der Waals surface area contributed by atoms with Crippen molar-refractivity contribution in [3.05, 3.63) is 62.1 Å². The molecule has 3 aromatic rings. The lowest BCUT2D eigenvalue weighted by molar-refractivity contribution is 0.702. The molecule has 0 saturated carbocycles. The van der Waals surface area contributed by atoms with Gasteiger partial charge < -0.3 is 4.57 Å². The minimum absolute atomic E-state index is 0.319. The first-order valence-electron chi connectivity index (χ1n) is 7.07. The fraction of sp³-hybridized carbons (Fsp3) is 0.312. The highest BCUT2D eigenvalue weighted by atomic mass is 16.2. The molecule has 2 aromatic heterocycles. The predicted molar refractivity (Wildman–Crippen MR) is 85.2 cm³/mol. The Morgan fingerprint density at radius 2 is 1.82 bits per heavy atom. The average molecular weight is 298 g/mol. The van der Waals surface area contributed by atoms with Crippen molar-refractivity contribution in [2.24, 2.45) is 14.1 Å². The summed E-state index contributed by atoms with van der Waals surface area (Å²) in [7, 11) is 3.11. The van der Waals surface area contributed by atoms with Crippen molar-refractivity contribution in [2.75, 3.05) is 0 Å². The third-order valence-corrected chi connectivity index (χ3v) is 4.06. The topological polar surface area (TPSA) is 61.8 Å². The van der Waals surface area contributed by atoms with Crippen LogP contribution in [0, 0.1) is 13.8 Å². The number of nitrogens with zero attached hydrogens (tertiary/aromatic N) is 4. The van der Waals surface area contributed by atoms with Gasteiger partial charge in [0.05, 0.1) is 6.33 Å². The molecule has 0 aliphatic rings. The molecule has 22 heavy (non-hydrogen) atoms. The van der Waals surface area contributed by atoms with Crippen LogP contribution in [0.5, 0.6) is 0 Å². The number of rotatable bonds is 2. The lowest BCUT2D eigenvalue weighted by Crippen LogP contribution is -2.37. The molecule has 0 saturated heterocycles. The Morgan fingerprint density at radius 1 is 1.09 bits per heavy atom. The largest absolute Gasteiger partial charge is 0.332 e. The van der Waals surface area contributed by atoms with Gasteiger partial charge in [0.2, 0.25) is 0 Å². The quantitative estimate of drug-likeness (QED) is 0.712. The van der Waals surface area contributed by atoms with Crippen LogP contribution in [0.2, 0.25) is 0 Å². The molecule has 3 rings (SSSR count). The van der Waals surface area contributed by atoms with Crippen LogP contribution in [0.25, 0.3) is 11.2 Å². The molecule has 0 fully saturated rings. The van der Waals surface area contributed by atoms with Crippen LogP contribution in [0.1, 0.15) is 16.7 Å². The van der Waals surface area contributed by atoms with Gasteiger partial charge in [-0.15, -0.1) is 0 Å². The molecule has 2 heterocycles. The highest BCUT2D eigenvalue weighted by molar-refractivity contribution is 5.70. The summed E-state index contributed by atoms with van der Waals surface area (Å²) in [5.74, 6) is 0. The van der Waals surface area contributed by atoms with Crippen LogP contribution in [0.4, 0.5) is 0 Å². The van der Waals surface area contributed by atoms with Crippen LogP contribution in [0.15, 0.2) is 34.1 Å². The Morgan fingerprint density at radius 3 is 2.55 bits per heavy atom. The van der Waals surface area contributed by atoms with Gasteiger partial charge in [-0.05, 0) is 25.0 Å². The summed E-state index contributed by atoms with van der Waals surface area (Å²) < 4.78 is 4.32. The van der Waals surface area contributed by atoms with Gasteiger partial charge in [0.25, 0.3) is 5.56 Å². The molecule has 0 N–H and O–H groups in total. The molecule has 0 spiro atoms. The van der Waals surface area contributed by atoms with E-state index in [4.69, 9.17) is 0 Å². The van der Waals surface area contributed by atoms with E-state index in [9.17, 15) is 9.59 Å². The maximum absolute atomic E-state index is 12.4. The van der Waals surface area contributed by atoms with Crippen molar-refractivity contribution < 1.29 is 0 Å². The summed E-state index contributed by atoms with van der Waals surface area (Å²) in [5, 5.41) is 0. The van der Waals surface area contributed by atoms with Crippen molar-refractivity contribution in [3.8, 4) is 0 Å². The number of benzene rings is 1. The highest BCUT2D eigenvalue weighted by Gasteiger charge is 2.14. The standard InChI is InChI=1S/C16H18N4O2/c1-10-5-6-11(2)12(7-10)8-20-9-17-14-13(20)15(21)19(4)16(22)18(14)3/h5-7,9H,8H2,1-4H3. The average Bonchev–Trinajstić information content (AvgIpc) is 2.90. The molecule has 0 unspecified atom stereocenters. The van der Waals surface area contributed by atoms with Gasteiger partial charge in [0, 0.05) is 20.6 Å². The zero-order chi connectivity index (χ0) is 16.0. The van der Waals surface area contributed by atoms with Crippen molar-refractivity contribution in [3.63, 3.8) is 0 Å². The molecular weight excluding hydrogens is 280 g/mol. The van der Waals surface area contributed by atoms with Gasteiger partial charge in [0.1, 0.15) is 0 Å². The van der Waals surface area contributed by atoms with E-state index < -0.39 is 0 Å². The predicted octanol–water partition coefficient (Wildman–Crippen LogP) is 1.10. The highest BCUT2D eigenvalue weighted by Crippen LogP contribution is 2.14. The Kier molecular flexibility index (Phi) is 3.24. The second-order valence-electron chi connectivity index (χ2n) is 5.68. The molecule has 114 valence electrons. The van der Waals surface area contributed by atoms with Gasteiger partial charge in [-0.2, -0.15) is 0 Å². The molecular formula is C16H18N4O2. The molecule has 0 aliphatic heterocycles. The maximum Gasteiger partial charge on any atom is 0.332 e. The molecule has 6 nitrogen and oxygen atoms in total. The third-order valence-electron chi connectivity index (χ3n) is 4.06. The lowest BCUT2D eigenvalue weighted by Gasteiger charge is -2.10. The SMILES string of the molecule is Cc1ccc(C)c(Cn2cnc3c2c(=O)n(C)c(=O)n3C)c1. The monoisotopic (exact) mass is 298 g/mol. The fourth-order valence-corrected chi connectivity index (χ4v) is 2.67. The van der Waals surface area contributed by atoms with Crippen LogP contribution >= 0.6 is 0 Å². The lowest BCUT2D eigenvalue weighted by atomic mass is 10.1. The van der Waals surface area contributed by atoms with Gasteiger partial charge in [-0.25, -0.2) is 9.78 Å². The minimum atomic E-state index is -0.366. The summed E-state index contributed by atoms with van der Waals surface area (Å²) in [6.07, 6.45) is 1.62. The summed E-state index contributed by atoms with van der Waals surface area (Å²) in [6, 6.07) is 6.23. The Balaban J connectivity index is 2.23. The van der Waals surface area contributed by atoms with E-state index in [-0.39, 0.29) is 11.2 Å². The number of aryl methyl sites for hydroxylation is 3. The zero-order valence-corrected chi connectivity index (χ0v) is 13.1. The summed E-state index contributed by atoms with van der Waals surface area (Å²) >= 11 is 0. The van der Waals surface area contributed by atoms with Crippen LogP contribution in [0.3, 0.4) is 0 Å². The van der Waals surface area contributed by atoms with Gasteiger partial charge in [0.15, 0.2) is 11.2 Å². The van der Waals surface area contributed by atoms with Crippen LogP contribution < -0.4 is 11.2 Å². The molecule has 0 bridgehead atoms. The second kappa shape index (κ2) is 4.98. The van der Waals surface area contributed by atoms with Gasteiger partial charge >= 0.3 is 5.69 Å². The Hall–Kier alpha value is -2.63. The van der Waals surface area contributed by atoms with Crippen LogP contribution in [-0.2, 0) is 20.6 Å². The molecule has 1 aromatic carbocycles. The molecule has 0 aliphatic carbocycles. The number of hydrogen-bond acceptors (Lipinski definition) is 3. The summed E-state index contributed by atoms with van der Waals surface area (Å²) in [5.41, 5.74) is 3.65. The van der Waals surface area contributed by atoms with Crippen LogP contribution in [-0.4, -0.2) is 18.7 Å². The first kappa shape index (κ1) is 14.3. The van der Waals surface area contributed by atoms with Crippen molar-refractivity contribution in [1.82, 2.24) is 18.7 Å². The third kappa shape index (κ3) is 2.07. The van der Waals surface area contributed by atoms with Crippen molar-refractivity contribution in [2.45, 2.75) is 20.4 Å². The smallest absolute Gasteiger partial charge is 0.320 e. The fourth-order valence-electron chi connectivity index (χ4n) is 2.67. The Labute approximate surface area is 127 Å². The second-order valence-corrected chi connectivity index (χ2v) is 5.68. The van der Waals surface area contributed by atoms with Crippen molar-refractivity contribution >= 4 is 11.2 Å². The number of hydrogen-bond donors (Lipinski definition) is 0. The number of imidazole rings is 1. The van der Waals surface area contributed by atoms with E-state index in [2.05, 4.69) is 23.2 Å². The summed E-state index contributed by atoms with van der Waals surface area (Å²) in [4.78, 5) is 28.6. The van der Waals surface area contributed by atoms with Crippen molar-refractivity contribution in [1.29, 1.82) is 0 Å². The zero-order valence-electron chi connectivity index (χ0n) is 13.1. The van der Waals surface area contributed by atoms with E-state index in [1.54, 1.807) is 17.9 Å². The minimum Gasteiger partial charge on any atom is -0.320 e. The maximum atomic E-state index is 12.4. The van der Waals surface area contributed by atoms with E-state index >= 15 is 0 Å². The van der Waals surface area contributed by atoms with Gasteiger partial charge in [-0.3, -0.25) is 13.9 Å². The molecule has 0 radical (unpaired) electrons. The normalized spacial score (nSPS) is 11.3. The number of fused-ring (bicyclic) bond motifs is 1. The summed E-state index contributed by atoms with van der Waals surface area (Å²) in [6.45, 7) is 4.64. The first-order valence-corrected chi connectivity index (χ1v) is 7.07. The first-order chi connectivity index (χ1) is 10.4. The van der Waals surface area contributed by atoms with E-state index in [1.807, 2.05) is 13.8 Å².